The first-order valence-electron chi connectivity index (χ1n) is 5.48. The minimum absolute atomic E-state index is 0.282. The number of alkyl halides is 3. The van der Waals surface area contributed by atoms with E-state index in [1.165, 1.54) is 0 Å². The van der Waals surface area contributed by atoms with Crippen molar-refractivity contribution in [3.05, 3.63) is 0 Å². The molecule has 0 saturated carbocycles. The molecular weight excluding hydrogens is 239 g/mol. The molecule has 4 nitrogen and oxygen atoms in total. The number of carbonyl (C=O) groups excluding carboxylic acids is 1. The van der Waals surface area contributed by atoms with Gasteiger partial charge in [-0.25, -0.2) is 0 Å². The summed E-state index contributed by atoms with van der Waals surface area (Å²) in [4.78, 5) is 12.5. The van der Waals surface area contributed by atoms with Crippen molar-refractivity contribution in [1.29, 1.82) is 0 Å². The summed E-state index contributed by atoms with van der Waals surface area (Å²) >= 11 is 0. The predicted molar refractivity (Wildman–Crippen MR) is 53.3 cm³/mol. The van der Waals surface area contributed by atoms with Crippen LogP contribution < -0.4 is 0 Å². The first-order chi connectivity index (χ1) is 7.94. The first-order valence-corrected chi connectivity index (χ1v) is 5.48. The number of hydrogen-bond acceptors (Lipinski definition) is 3. The fraction of sp³-hybridized carbons (Fsp3) is 0.900. The van der Waals surface area contributed by atoms with Gasteiger partial charge in [0.15, 0.2) is 0 Å². The highest BCUT2D eigenvalue weighted by Crippen LogP contribution is 2.21. The lowest BCUT2D eigenvalue weighted by Gasteiger charge is -2.29. The van der Waals surface area contributed by atoms with E-state index >= 15 is 0 Å². The van der Waals surface area contributed by atoms with Crippen LogP contribution in [0.15, 0.2) is 0 Å². The van der Waals surface area contributed by atoms with Crippen molar-refractivity contribution in [2.45, 2.75) is 19.0 Å². The minimum atomic E-state index is -4.43. The molecule has 1 aliphatic rings. The molecule has 0 aromatic carbocycles. The zero-order valence-corrected chi connectivity index (χ0v) is 9.37. The number of hydrogen-bond donors (Lipinski definition) is 1. The molecule has 0 aromatic heterocycles. The number of aliphatic hydroxyl groups excluding tert-OH is 1. The van der Waals surface area contributed by atoms with Crippen LogP contribution >= 0.6 is 0 Å². The summed E-state index contributed by atoms with van der Waals surface area (Å²) in [7, 11) is 0. The molecule has 1 fully saturated rings. The van der Waals surface area contributed by atoms with Gasteiger partial charge in [-0.2, -0.15) is 13.2 Å². The van der Waals surface area contributed by atoms with Crippen LogP contribution in [-0.4, -0.2) is 55.0 Å². The van der Waals surface area contributed by atoms with E-state index in [1.807, 2.05) is 0 Å². The SMILES string of the molecule is O=C(C1CCOCC1)N(CCO)CC(F)(F)F. The standard InChI is InChI=1S/C10H16F3NO3/c11-10(12,13)7-14(3-4-15)9(16)8-1-5-17-6-2-8/h8,15H,1-7H2. The van der Waals surface area contributed by atoms with Gasteiger partial charge in [-0.05, 0) is 12.8 Å². The minimum Gasteiger partial charge on any atom is -0.395 e. The lowest BCUT2D eigenvalue weighted by molar-refractivity contribution is -0.166. The van der Waals surface area contributed by atoms with E-state index in [-0.39, 0.29) is 6.54 Å². The number of carbonyl (C=O) groups is 1. The number of rotatable bonds is 4. The molecule has 17 heavy (non-hydrogen) atoms. The monoisotopic (exact) mass is 255 g/mol. The zero-order chi connectivity index (χ0) is 12.9. The molecule has 0 radical (unpaired) electrons. The van der Waals surface area contributed by atoms with Gasteiger partial charge in [0.05, 0.1) is 6.61 Å². The number of amides is 1. The van der Waals surface area contributed by atoms with Gasteiger partial charge in [-0.1, -0.05) is 0 Å². The quantitative estimate of drug-likeness (QED) is 0.808. The van der Waals surface area contributed by atoms with E-state index < -0.39 is 31.2 Å². The van der Waals surface area contributed by atoms with Crippen LogP contribution in [0.2, 0.25) is 0 Å². The Morgan fingerprint density at radius 3 is 2.41 bits per heavy atom. The second-order valence-corrected chi connectivity index (χ2v) is 3.99. The third-order valence-electron chi connectivity index (χ3n) is 2.62. The summed E-state index contributed by atoms with van der Waals surface area (Å²) in [6, 6.07) is 0. The topological polar surface area (TPSA) is 49.8 Å². The molecule has 0 unspecified atom stereocenters. The Morgan fingerprint density at radius 1 is 1.35 bits per heavy atom. The van der Waals surface area contributed by atoms with Crippen molar-refractivity contribution in [3.8, 4) is 0 Å². The van der Waals surface area contributed by atoms with Crippen LogP contribution in [0, 0.1) is 5.92 Å². The van der Waals surface area contributed by atoms with Crippen LogP contribution in [0.1, 0.15) is 12.8 Å². The van der Waals surface area contributed by atoms with Crippen molar-refractivity contribution in [2.24, 2.45) is 5.92 Å². The van der Waals surface area contributed by atoms with Crippen LogP contribution in [-0.2, 0) is 9.53 Å². The number of halogens is 3. The summed E-state index contributed by atoms with van der Waals surface area (Å²) in [5.74, 6) is -0.961. The molecule has 1 rings (SSSR count). The second-order valence-electron chi connectivity index (χ2n) is 3.99. The van der Waals surface area contributed by atoms with Crippen molar-refractivity contribution in [3.63, 3.8) is 0 Å². The maximum absolute atomic E-state index is 12.3. The molecule has 7 heteroatoms. The van der Waals surface area contributed by atoms with Crippen LogP contribution in [0.3, 0.4) is 0 Å². The fourth-order valence-electron chi connectivity index (χ4n) is 1.81. The second kappa shape index (κ2) is 6.20. The van der Waals surface area contributed by atoms with Crippen molar-refractivity contribution >= 4 is 5.91 Å². The van der Waals surface area contributed by atoms with Gasteiger partial charge < -0.3 is 14.7 Å². The third-order valence-corrected chi connectivity index (χ3v) is 2.62. The molecule has 1 aliphatic heterocycles. The summed E-state index contributed by atoms with van der Waals surface area (Å²) < 4.78 is 41.8. The van der Waals surface area contributed by atoms with E-state index in [4.69, 9.17) is 9.84 Å². The molecule has 0 aliphatic carbocycles. The van der Waals surface area contributed by atoms with Crippen LogP contribution in [0.5, 0.6) is 0 Å². The molecule has 0 spiro atoms. The largest absolute Gasteiger partial charge is 0.406 e. The van der Waals surface area contributed by atoms with Gasteiger partial charge >= 0.3 is 6.18 Å². The normalized spacial score (nSPS) is 18.1. The van der Waals surface area contributed by atoms with E-state index in [9.17, 15) is 18.0 Å². The van der Waals surface area contributed by atoms with E-state index in [1.54, 1.807) is 0 Å². The Bertz CT molecular complexity index is 252. The van der Waals surface area contributed by atoms with Gasteiger partial charge in [-0.15, -0.1) is 0 Å². The smallest absolute Gasteiger partial charge is 0.395 e. The summed E-state index contributed by atoms with van der Waals surface area (Å²) in [6.45, 7) is -1.25. The third kappa shape index (κ3) is 4.91. The maximum Gasteiger partial charge on any atom is 0.406 e. The molecule has 1 amide bonds. The van der Waals surface area contributed by atoms with Gasteiger partial charge in [-0.3, -0.25) is 4.79 Å². The lowest BCUT2D eigenvalue weighted by Crippen LogP contribution is -2.44. The Hall–Kier alpha value is -0.820. The molecule has 100 valence electrons. The van der Waals surface area contributed by atoms with Crippen LogP contribution in [0.4, 0.5) is 13.2 Å². The Balaban J connectivity index is 2.58. The van der Waals surface area contributed by atoms with Gasteiger partial charge in [0.25, 0.3) is 0 Å². The first kappa shape index (κ1) is 14.2. The summed E-state index contributed by atoms with van der Waals surface area (Å²) in [5, 5.41) is 8.69. The molecular formula is C10H16F3NO3. The highest BCUT2D eigenvalue weighted by atomic mass is 19.4. The molecule has 0 atom stereocenters. The fourth-order valence-corrected chi connectivity index (χ4v) is 1.81. The Morgan fingerprint density at radius 2 is 1.94 bits per heavy atom. The van der Waals surface area contributed by atoms with Gasteiger partial charge in [0.1, 0.15) is 6.54 Å². The molecule has 1 saturated heterocycles. The molecule has 1 heterocycles. The Kier molecular flexibility index (Phi) is 5.20. The van der Waals surface area contributed by atoms with Crippen molar-refractivity contribution < 1.29 is 27.8 Å². The molecule has 0 aromatic rings. The van der Waals surface area contributed by atoms with E-state index in [0.717, 1.165) is 0 Å². The number of aliphatic hydroxyl groups is 1. The highest BCUT2D eigenvalue weighted by Gasteiger charge is 2.35. The van der Waals surface area contributed by atoms with Gasteiger partial charge in [0.2, 0.25) is 5.91 Å². The highest BCUT2D eigenvalue weighted by molar-refractivity contribution is 5.79. The van der Waals surface area contributed by atoms with Crippen LogP contribution in [0.25, 0.3) is 0 Å². The maximum atomic E-state index is 12.3. The number of nitrogens with zero attached hydrogens (tertiary/aromatic N) is 1. The average molecular weight is 255 g/mol. The number of ether oxygens (including phenoxy) is 1. The summed E-state index contributed by atoms with van der Waals surface area (Å²) in [5.41, 5.74) is 0. The van der Waals surface area contributed by atoms with Crippen molar-refractivity contribution in [2.75, 3.05) is 32.9 Å². The average Bonchev–Trinajstić information content (AvgIpc) is 2.27. The lowest BCUT2D eigenvalue weighted by atomic mass is 9.98. The van der Waals surface area contributed by atoms with Crippen molar-refractivity contribution in [1.82, 2.24) is 4.90 Å². The van der Waals surface area contributed by atoms with E-state index in [0.29, 0.717) is 31.0 Å². The van der Waals surface area contributed by atoms with Gasteiger partial charge in [0, 0.05) is 25.7 Å². The van der Waals surface area contributed by atoms with E-state index in [2.05, 4.69) is 0 Å². The predicted octanol–water partition coefficient (Wildman–Crippen LogP) is 0.796. The molecule has 0 bridgehead atoms. The Labute approximate surface area is 97.3 Å². The summed E-state index contributed by atoms with van der Waals surface area (Å²) in [6.07, 6.45) is -3.55. The molecule has 1 N–H and O–H groups in total. The zero-order valence-electron chi connectivity index (χ0n) is 9.37.